The van der Waals surface area contributed by atoms with E-state index in [2.05, 4.69) is 0 Å². The smallest absolute Gasteiger partial charge is 0.144 e. The first kappa shape index (κ1) is 12.0. The lowest BCUT2D eigenvalue weighted by Crippen LogP contribution is -2.07. The van der Waals surface area contributed by atoms with Crippen molar-refractivity contribution in [1.29, 1.82) is 0 Å². The quantitative estimate of drug-likeness (QED) is 0.742. The fourth-order valence-corrected chi connectivity index (χ4v) is 2.02. The van der Waals surface area contributed by atoms with Gasteiger partial charge in [0.25, 0.3) is 0 Å². The first-order chi connectivity index (χ1) is 8.11. The first-order valence-electron chi connectivity index (χ1n) is 5.22. The molecule has 0 N–H and O–H groups in total. The summed E-state index contributed by atoms with van der Waals surface area (Å²) in [6.45, 7) is 0. The Morgan fingerprint density at radius 1 is 1.24 bits per heavy atom. The number of ether oxygens (including phenoxy) is 1. The molecule has 17 heavy (non-hydrogen) atoms. The summed E-state index contributed by atoms with van der Waals surface area (Å²) in [5, 5.41) is 0.554. The Hall–Kier alpha value is -1.48. The minimum atomic E-state index is -0.271. The highest BCUT2D eigenvalue weighted by Crippen LogP contribution is 2.30. The zero-order valence-corrected chi connectivity index (χ0v) is 10.4. The van der Waals surface area contributed by atoms with Gasteiger partial charge >= 0.3 is 0 Å². The summed E-state index contributed by atoms with van der Waals surface area (Å²) in [6.07, 6.45) is 0. The van der Waals surface area contributed by atoms with Crippen LogP contribution < -0.4 is 10.2 Å². The summed E-state index contributed by atoms with van der Waals surface area (Å²) in [7, 11) is 3.53. The molecular formula is C13H11BClFO. The van der Waals surface area contributed by atoms with Gasteiger partial charge in [-0.2, -0.15) is 0 Å². The monoisotopic (exact) mass is 248 g/mol. The molecule has 1 nitrogen and oxygen atoms in total. The zero-order chi connectivity index (χ0) is 12.4. The summed E-state index contributed by atoms with van der Waals surface area (Å²) in [5.74, 6) is 0.460. The van der Waals surface area contributed by atoms with Gasteiger partial charge in [-0.15, -0.1) is 0 Å². The largest absolute Gasteiger partial charge is 0.497 e. The Kier molecular flexibility index (Phi) is 3.39. The third kappa shape index (κ3) is 2.45. The van der Waals surface area contributed by atoms with Crippen LogP contribution in [0.15, 0.2) is 36.4 Å². The van der Waals surface area contributed by atoms with Crippen LogP contribution in [0.5, 0.6) is 5.75 Å². The molecule has 0 amide bonds. The summed E-state index contributed by atoms with van der Waals surface area (Å²) in [4.78, 5) is 0. The van der Waals surface area contributed by atoms with Crippen molar-refractivity contribution in [1.82, 2.24) is 0 Å². The first-order valence-corrected chi connectivity index (χ1v) is 5.59. The zero-order valence-electron chi connectivity index (χ0n) is 9.63. The third-order valence-electron chi connectivity index (χ3n) is 2.62. The molecule has 0 spiro atoms. The van der Waals surface area contributed by atoms with Crippen molar-refractivity contribution in [2.75, 3.05) is 7.11 Å². The second-order valence-corrected chi connectivity index (χ2v) is 4.22. The van der Waals surface area contributed by atoms with Gasteiger partial charge in [0.15, 0.2) is 0 Å². The van der Waals surface area contributed by atoms with E-state index in [1.807, 2.05) is 20.0 Å². The molecule has 2 aromatic carbocycles. The average molecular weight is 248 g/mol. The Labute approximate surface area is 106 Å². The van der Waals surface area contributed by atoms with Crippen LogP contribution in [0.2, 0.25) is 5.02 Å². The standard InChI is InChI=1S/C13H11BClFO/c1-17-13-7-12(15)10(6-11(13)14)8-3-2-4-9(16)5-8/h2-7H,14H2,1H3. The van der Waals surface area contributed by atoms with Crippen LogP contribution in [0.3, 0.4) is 0 Å². The average Bonchev–Trinajstić information content (AvgIpc) is 2.31. The van der Waals surface area contributed by atoms with Gasteiger partial charge in [-0.05, 0) is 29.2 Å². The van der Waals surface area contributed by atoms with E-state index >= 15 is 0 Å². The van der Waals surface area contributed by atoms with Crippen molar-refractivity contribution in [3.05, 3.63) is 47.2 Å². The lowest BCUT2D eigenvalue weighted by Gasteiger charge is -2.10. The molecule has 2 aromatic rings. The van der Waals surface area contributed by atoms with Crippen molar-refractivity contribution in [3.63, 3.8) is 0 Å². The Morgan fingerprint density at radius 3 is 2.65 bits per heavy atom. The second-order valence-electron chi connectivity index (χ2n) is 3.81. The predicted molar refractivity (Wildman–Crippen MR) is 71.6 cm³/mol. The highest BCUT2D eigenvalue weighted by Gasteiger charge is 2.08. The summed E-state index contributed by atoms with van der Waals surface area (Å²) < 4.78 is 18.3. The van der Waals surface area contributed by atoms with E-state index in [-0.39, 0.29) is 5.82 Å². The molecule has 0 aliphatic carbocycles. The molecule has 2 rings (SSSR count). The van der Waals surface area contributed by atoms with Gasteiger partial charge in [0, 0.05) is 5.56 Å². The highest BCUT2D eigenvalue weighted by molar-refractivity contribution is 6.38. The van der Waals surface area contributed by atoms with Crippen LogP contribution >= 0.6 is 11.6 Å². The maximum Gasteiger partial charge on any atom is 0.144 e. The van der Waals surface area contributed by atoms with Crippen LogP contribution in [-0.4, -0.2) is 15.0 Å². The van der Waals surface area contributed by atoms with E-state index < -0.39 is 0 Å². The van der Waals surface area contributed by atoms with Crippen molar-refractivity contribution in [2.24, 2.45) is 0 Å². The summed E-state index contributed by atoms with van der Waals surface area (Å²) in [5.41, 5.74) is 2.54. The molecule has 0 atom stereocenters. The Bertz CT molecular complexity index is 557. The van der Waals surface area contributed by atoms with Crippen LogP contribution in [0.1, 0.15) is 0 Å². The van der Waals surface area contributed by atoms with E-state index in [0.29, 0.717) is 5.02 Å². The topological polar surface area (TPSA) is 9.23 Å². The molecule has 0 saturated carbocycles. The molecule has 0 aliphatic rings. The van der Waals surface area contributed by atoms with Gasteiger partial charge < -0.3 is 4.74 Å². The van der Waals surface area contributed by atoms with Crippen LogP contribution in [0, 0.1) is 5.82 Å². The molecule has 0 bridgehead atoms. The number of methoxy groups -OCH3 is 1. The molecule has 0 unspecified atom stereocenters. The number of rotatable bonds is 2. The molecule has 0 heterocycles. The van der Waals surface area contributed by atoms with Crippen LogP contribution in [0.25, 0.3) is 11.1 Å². The van der Waals surface area contributed by atoms with Crippen molar-refractivity contribution in [2.45, 2.75) is 0 Å². The predicted octanol–water partition coefficient (Wildman–Crippen LogP) is 2.41. The highest BCUT2D eigenvalue weighted by atomic mass is 35.5. The number of halogens is 2. The fraction of sp³-hybridized carbons (Fsp3) is 0.0769. The maximum atomic E-state index is 13.2. The molecular weight excluding hydrogens is 237 g/mol. The van der Waals surface area contributed by atoms with E-state index in [4.69, 9.17) is 16.3 Å². The van der Waals surface area contributed by atoms with Gasteiger partial charge in [-0.1, -0.05) is 29.8 Å². The van der Waals surface area contributed by atoms with Crippen molar-refractivity contribution in [3.8, 4) is 16.9 Å². The minimum Gasteiger partial charge on any atom is -0.497 e. The van der Waals surface area contributed by atoms with Crippen LogP contribution in [0.4, 0.5) is 4.39 Å². The molecule has 0 radical (unpaired) electrons. The Morgan fingerprint density at radius 2 is 2.00 bits per heavy atom. The van der Waals surface area contributed by atoms with E-state index in [0.717, 1.165) is 22.3 Å². The molecule has 0 fully saturated rings. The SMILES string of the molecule is Bc1cc(-c2cccc(F)c2)c(Cl)cc1OC. The van der Waals surface area contributed by atoms with Gasteiger partial charge in [-0.25, -0.2) is 4.39 Å². The molecule has 0 aliphatic heterocycles. The molecule has 86 valence electrons. The second kappa shape index (κ2) is 4.80. The third-order valence-corrected chi connectivity index (χ3v) is 2.93. The number of hydrogen-bond acceptors (Lipinski definition) is 1. The molecule has 0 aromatic heterocycles. The van der Waals surface area contributed by atoms with Gasteiger partial charge in [0.1, 0.15) is 19.4 Å². The van der Waals surface area contributed by atoms with E-state index in [9.17, 15) is 4.39 Å². The van der Waals surface area contributed by atoms with Gasteiger partial charge in [-0.3, -0.25) is 0 Å². The van der Waals surface area contributed by atoms with E-state index in [1.165, 1.54) is 12.1 Å². The lowest BCUT2D eigenvalue weighted by atomic mass is 9.91. The number of benzene rings is 2. The maximum absolute atomic E-state index is 13.2. The molecule has 4 heteroatoms. The van der Waals surface area contributed by atoms with Gasteiger partial charge in [0.05, 0.1) is 12.1 Å². The van der Waals surface area contributed by atoms with E-state index in [1.54, 1.807) is 19.2 Å². The molecule has 0 saturated heterocycles. The minimum absolute atomic E-state index is 0.271. The summed E-state index contributed by atoms with van der Waals surface area (Å²) in [6, 6.07) is 10.0. The Balaban J connectivity index is 2.56. The lowest BCUT2D eigenvalue weighted by molar-refractivity contribution is 0.418. The summed E-state index contributed by atoms with van der Waals surface area (Å²) >= 11 is 6.16. The van der Waals surface area contributed by atoms with Gasteiger partial charge in [0.2, 0.25) is 0 Å². The fourth-order valence-electron chi connectivity index (χ4n) is 1.76. The van der Waals surface area contributed by atoms with Crippen LogP contribution in [-0.2, 0) is 0 Å². The normalized spacial score (nSPS) is 10.3. The van der Waals surface area contributed by atoms with Crippen molar-refractivity contribution >= 4 is 24.9 Å². The van der Waals surface area contributed by atoms with Crippen molar-refractivity contribution < 1.29 is 9.13 Å². The number of hydrogen-bond donors (Lipinski definition) is 0.